The SMILES string of the molecule is CC(C)SCC(=O)c1ccc2cccnc2c1. The highest BCUT2D eigenvalue weighted by Crippen LogP contribution is 2.16. The van der Waals surface area contributed by atoms with Gasteiger partial charge in [-0.15, -0.1) is 0 Å². The fourth-order valence-electron chi connectivity index (χ4n) is 1.57. The number of hydrogen-bond donors (Lipinski definition) is 0. The molecule has 0 unspecified atom stereocenters. The number of carbonyl (C=O) groups is 1. The number of hydrogen-bond acceptors (Lipinski definition) is 3. The molecule has 0 aliphatic carbocycles. The van der Waals surface area contributed by atoms with Gasteiger partial charge in [-0.3, -0.25) is 9.78 Å². The summed E-state index contributed by atoms with van der Waals surface area (Å²) < 4.78 is 0. The van der Waals surface area contributed by atoms with Crippen LogP contribution in [0.1, 0.15) is 24.2 Å². The lowest BCUT2D eigenvalue weighted by atomic mass is 10.1. The highest BCUT2D eigenvalue weighted by atomic mass is 32.2. The number of fused-ring (bicyclic) bond motifs is 1. The van der Waals surface area contributed by atoms with Crippen molar-refractivity contribution < 1.29 is 4.79 Å². The van der Waals surface area contributed by atoms with Crippen LogP contribution < -0.4 is 0 Å². The lowest BCUT2D eigenvalue weighted by Crippen LogP contribution is -2.04. The standard InChI is InChI=1S/C14H15NOS/c1-10(2)17-9-14(16)12-6-5-11-4-3-7-15-13(11)8-12/h3-8,10H,9H2,1-2H3. The first-order chi connectivity index (χ1) is 8.16. The van der Waals surface area contributed by atoms with E-state index in [0.717, 1.165) is 16.5 Å². The number of rotatable bonds is 4. The molecule has 88 valence electrons. The molecule has 0 amide bonds. The minimum atomic E-state index is 0.177. The van der Waals surface area contributed by atoms with Gasteiger partial charge in [0.05, 0.1) is 11.3 Å². The lowest BCUT2D eigenvalue weighted by Gasteiger charge is -2.05. The molecule has 0 spiro atoms. The molecule has 0 bridgehead atoms. The maximum absolute atomic E-state index is 11.9. The molecular weight excluding hydrogens is 230 g/mol. The summed E-state index contributed by atoms with van der Waals surface area (Å²) in [7, 11) is 0. The number of carbonyl (C=O) groups excluding carboxylic acids is 1. The van der Waals surface area contributed by atoms with E-state index in [9.17, 15) is 4.79 Å². The molecule has 0 N–H and O–H groups in total. The molecule has 17 heavy (non-hydrogen) atoms. The van der Waals surface area contributed by atoms with E-state index in [1.807, 2.05) is 30.3 Å². The number of ketones is 1. The van der Waals surface area contributed by atoms with Crippen molar-refractivity contribution in [2.45, 2.75) is 19.1 Å². The summed E-state index contributed by atoms with van der Waals surface area (Å²) in [4.78, 5) is 16.2. The highest BCUT2D eigenvalue weighted by Gasteiger charge is 2.08. The van der Waals surface area contributed by atoms with Crippen LogP contribution in [0.4, 0.5) is 0 Å². The maximum atomic E-state index is 11.9. The third kappa shape index (κ3) is 3.07. The zero-order valence-corrected chi connectivity index (χ0v) is 10.8. The minimum absolute atomic E-state index is 0.177. The van der Waals surface area contributed by atoms with Crippen LogP contribution in [0, 0.1) is 0 Å². The van der Waals surface area contributed by atoms with Crippen LogP contribution in [0.5, 0.6) is 0 Å². The third-order valence-corrected chi connectivity index (χ3v) is 3.57. The third-order valence-electron chi connectivity index (χ3n) is 2.48. The average Bonchev–Trinajstić information content (AvgIpc) is 2.35. The van der Waals surface area contributed by atoms with Crippen molar-refractivity contribution >= 4 is 28.4 Å². The van der Waals surface area contributed by atoms with E-state index in [1.165, 1.54) is 0 Å². The van der Waals surface area contributed by atoms with Crippen molar-refractivity contribution in [1.29, 1.82) is 0 Å². The fourth-order valence-corrected chi connectivity index (χ4v) is 2.22. The van der Waals surface area contributed by atoms with Crippen molar-refractivity contribution in [3.8, 4) is 0 Å². The van der Waals surface area contributed by atoms with Crippen LogP contribution in [0.25, 0.3) is 10.9 Å². The molecule has 0 saturated heterocycles. The number of aromatic nitrogens is 1. The van der Waals surface area contributed by atoms with Gasteiger partial charge in [-0.2, -0.15) is 11.8 Å². The molecule has 0 saturated carbocycles. The van der Waals surface area contributed by atoms with E-state index in [4.69, 9.17) is 0 Å². The summed E-state index contributed by atoms with van der Waals surface area (Å²) >= 11 is 1.67. The quantitative estimate of drug-likeness (QED) is 0.771. The van der Waals surface area contributed by atoms with Crippen molar-refractivity contribution in [3.05, 3.63) is 42.1 Å². The van der Waals surface area contributed by atoms with E-state index in [1.54, 1.807) is 18.0 Å². The van der Waals surface area contributed by atoms with Gasteiger partial charge in [0.15, 0.2) is 5.78 Å². The first-order valence-corrected chi connectivity index (χ1v) is 6.71. The van der Waals surface area contributed by atoms with Crippen molar-refractivity contribution in [3.63, 3.8) is 0 Å². The zero-order valence-electron chi connectivity index (χ0n) is 10.0. The number of nitrogens with zero attached hydrogens (tertiary/aromatic N) is 1. The Hall–Kier alpha value is -1.35. The molecular formula is C14H15NOS. The molecule has 0 fully saturated rings. The molecule has 0 aliphatic rings. The summed E-state index contributed by atoms with van der Waals surface area (Å²) in [5.41, 5.74) is 1.64. The van der Waals surface area contributed by atoms with Gasteiger partial charge < -0.3 is 0 Å². The Bertz CT molecular complexity index is 536. The second-order valence-corrected chi connectivity index (χ2v) is 5.76. The Morgan fingerprint density at radius 1 is 1.35 bits per heavy atom. The van der Waals surface area contributed by atoms with Crippen molar-refractivity contribution in [2.75, 3.05) is 5.75 Å². The smallest absolute Gasteiger partial charge is 0.172 e. The monoisotopic (exact) mass is 245 g/mol. The number of pyridine rings is 1. The van der Waals surface area contributed by atoms with Crippen molar-refractivity contribution in [1.82, 2.24) is 4.98 Å². The first kappa shape index (κ1) is 12.1. The minimum Gasteiger partial charge on any atom is -0.293 e. The molecule has 2 nitrogen and oxygen atoms in total. The van der Waals surface area contributed by atoms with E-state index in [-0.39, 0.29) is 5.78 Å². The second kappa shape index (κ2) is 5.32. The molecule has 3 heteroatoms. The Balaban J connectivity index is 2.21. The molecule has 1 heterocycles. The van der Waals surface area contributed by atoms with Gasteiger partial charge in [0.25, 0.3) is 0 Å². The molecule has 2 rings (SSSR count). The average molecular weight is 245 g/mol. The van der Waals surface area contributed by atoms with Gasteiger partial charge in [0.2, 0.25) is 0 Å². The fraction of sp³-hybridized carbons (Fsp3) is 0.286. The van der Waals surface area contributed by atoms with Crippen LogP contribution in [0.2, 0.25) is 0 Å². The normalized spacial score (nSPS) is 11.0. The summed E-state index contributed by atoms with van der Waals surface area (Å²) in [6, 6.07) is 9.61. The predicted molar refractivity (Wildman–Crippen MR) is 73.7 cm³/mol. The van der Waals surface area contributed by atoms with Crippen LogP contribution >= 0.6 is 11.8 Å². The Morgan fingerprint density at radius 3 is 2.94 bits per heavy atom. The second-order valence-electron chi connectivity index (χ2n) is 4.19. The summed E-state index contributed by atoms with van der Waals surface area (Å²) in [5, 5.41) is 1.55. The first-order valence-electron chi connectivity index (χ1n) is 5.66. The van der Waals surface area contributed by atoms with Gasteiger partial charge in [-0.05, 0) is 17.4 Å². The van der Waals surface area contributed by atoms with Gasteiger partial charge in [-0.1, -0.05) is 32.0 Å². The van der Waals surface area contributed by atoms with Crippen molar-refractivity contribution in [2.24, 2.45) is 0 Å². The Morgan fingerprint density at radius 2 is 2.18 bits per heavy atom. The largest absolute Gasteiger partial charge is 0.293 e. The van der Waals surface area contributed by atoms with Gasteiger partial charge in [0.1, 0.15) is 0 Å². The van der Waals surface area contributed by atoms with Crippen LogP contribution in [-0.4, -0.2) is 21.8 Å². The maximum Gasteiger partial charge on any atom is 0.172 e. The molecule has 0 aliphatic heterocycles. The predicted octanol–water partition coefficient (Wildman–Crippen LogP) is 3.56. The Labute approximate surface area is 105 Å². The molecule has 2 aromatic rings. The number of benzene rings is 1. The Kier molecular flexibility index (Phi) is 3.79. The molecule has 1 aromatic carbocycles. The van der Waals surface area contributed by atoms with E-state index < -0.39 is 0 Å². The van der Waals surface area contributed by atoms with Gasteiger partial charge >= 0.3 is 0 Å². The van der Waals surface area contributed by atoms with E-state index in [0.29, 0.717) is 11.0 Å². The molecule has 0 radical (unpaired) electrons. The molecule has 1 aromatic heterocycles. The van der Waals surface area contributed by atoms with Gasteiger partial charge in [-0.25, -0.2) is 0 Å². The molecule has 0 atom stereocenters. The number of Topliss-reactive ketones (excluding diaryl/α,β-unsaturated/α-hetero) is 1. The van der Waals surface area contributed by atoms with E-state index >= 15 is 0 Å². The van der Waals surface area contributed by atoms with Crippen LogP contribution in [0.3, 0.4) is 0 Å². The summed E-state index contributed by atoms with van der Waals surface area (Å²) in [6.07, 6.45) is 1.75. The van der Waals surface area contributed by atoms with Crippen LogP contribution in [0.15, 0.2) is 36.5 Å². The van der Waals surface area contributed by atoms with E-state index in [2.05, 4.69) is 18.8 Å². The highest BCUT2D eigenvalue weighted by molar-refractivity contribution is 8.00. The lowest BCUT2D eigenvalue weighted by molar-refractivity contribution is 0.102. The van der Waals surface area contributed by atoms with Crippen LogP contribution in [-0.2, 0) is 0 Å². The zero-order chi connectivity index (χ0) is 12.3. The topological polar surface area (TPSA) is 30.0 Å². The number of thioether (sulfide) groups is 1. The van der Waals surface area contributed by atoms with Gasteiger partial charge in [0, 0.05) is 17.1 Å². The summed E-state index contributed by atoms with van der Waals surface area (Å²) in [6.45, 7) is 4.19. The summed E-state index contributed by atoms with van der Waals surface area (Å²) in [5.74, 6) is 0.715.